The van der Waals surface area contributed by atoms with E-state index in [0.717, 1.165) is 65.7 Å². The van der Waals surface area contributed by atoms with Crippen LogP contribution in [0.2, 0.25) is 0 Å². The van der Waals surface area contributed by atoms with Crippen molar-refractivity contribution in [3.05, 3.63) is 299 Å². The number of para-hydroxylation sites is 3. The summed E-state index contributed by atoms with van der Waals surface area (Å²) in [5.41, 5.74) is 28.8. The summed E-state index contributed by atoms with van der Waals surface area (Å²) in [7, 11) is 0. The molecule has 2 saturated carbocycles. The van der Waals surface area contributed by atoms with Crippen molar-refractivity contribution in [2.45, 2.75) is 97.3 Å². The third kappa shape index (κ3) is 8.06. The molecule has 0 saturated heterocycles. The third-order valence-electron chi connectivity index (χ3n) is 20.7. The van der Waals surface area contributed by atoms with Gasteiger partial charge in [0.1, 0.15) is 0 Å². The van der Waals surface area contributed by atoms with Gasteiger partial charge in [0.25, 0.3) is 0 Å². The van der Waals surface area contributed by atoms with E-state index in [1.54, 1.807) is 5.57 Å². The van der Waals surface area contributed by atoms with E-state index in [0.29, 0.717) is 17.8 Å². The highest BCUT2D eigenvalue weighted by Crippen LogP contribution is 2.66. The lowest BCUT2D eigenvalue weighted by molar-refractivity contribution is 0.0856. The van der Waals surface area contributed by atoms with Crippen molar-refractivity contribution in [3.63, 3.8) is 0 Å². The zero-order valence-corrected chi connectivity index (χ0v) is 49.4. The Morgan fingerprint density at radius 1 is 0.607 bits per heavy atom. The van der Waals surface area contributed by atoms with Gasteiger partial charge in [0.2, 0.25) is 0 Å². The Morgan fingerprint density at radius 2 is 1.23 bits per heavy atom. The van der Waals surface area contributed by atoms with Crippen LogP contribution in [-0.2, 0) is 5.41 Å². The van der Waals surface area contributed by atoms with Gasteiger partial charge in [-0.25, -0.2) is 0 Å². The molecule has 0 aliphatic heterocycles. The second-order valence-corrected chi connectivity index (χ2v) is 25.8. The summed E-state index contributed by atoms with van der Waals surface area (Å²) in [5, 5.41) is 0. The average Bonchev–Trinajstić information content (AvgIpc) is 1.55. The van der Waals surface area contributed by atoms with E-state index in [4.69, 9.17) is 0 Å². The monoisotopic (exact) mass is 1090 g/mol. The first kappa shape index (κ1) is 52.2. The fourth-order valence-corrected chi connectivity index (χ4v) is 17.5. The number of fused-ring (bicyclic) bond motifs is 14. The van der Waals surface area contributed by atoms with Gasteiger partial charge >= 0.3 is 0 Å². The molecule has 7 aliphatic carbocycles. The quantitative estimate of drug-likeness (QED) is 0.119. The summed E-state index contributed by atoms with van der Waals surface area (Å²) < 4.78 is 0. The van der Waals surface area contributed by atoms with Crippen molar-refractivity contribution in [1.29, 1.82) is 0 Å². The molecule has 8 aromatic carbocycles. The number of nitrogens with zero attached hydrogens (tertiary/aromatic N) is 2. The van der Waals surface area contributed by atoms with Crippen LogP contribution in [-0.4, -0.2) is 0 Å². The summed E-state index contributed by atoms with van der Waals surface area (Å²) in [5.74, 6) is 3.19. The number of anilines is 5. The predicted molar refractivity (Wildman–Crippen MR) is 352 cm³/mol. The Kier molecular flexibility index (Phi) is 12.8. The Morgan fingerprint density at radius 3 is 1.89 bits per heavy atom. The lowest BCUT2D eigenvalue weighted by atomic mass is 9.58. The number of hydrogen-bond donors (Lipinski definition) is 0. The van der Waals surface area contributed by atoms with Crippen LogP contribution in [0.4, 0.5) is 28.4 Å². The van der Waals surface area contributed by atoms with Crippen LogP contribution in [0.1, 0.15) is 125 Å². The van der Waals surface area contributed by atoms with Crippen molar-refractivity contribution in [2.75, 3.05) is 9.80 Å². The molecule has 2 bridgehead atoms. The van der Waals surface area contributed by atoms with Gasteiger partial charge in [0.15, 0.2) is 0 Å². The van der Waals surface area contributed by atoms with Crippen molar-refractivity contribution in [2.24, 2.45) is 29.1 Å². The smallest absolute Gasteiger partial charge is 0.0727 e. The van der Waals surface area contributed by atoms with Crippen LogP contribution in [0.25, 0.3) is 39.0 Å². The maximum absolute atomic E-state index is 4.13. The normalized spacial score (nSPS) is 23.1. The Hall–Kier alpha value is -8.64. The van der Waals surface area contributed by atoms with Gasteiger partial charge in [-0.15, -0.1) is 0 Å². The molecule has 6 unspecified atom stereocenters. The van der Waals surface area contributed by atoms with Crippen LogP contribution in [0.15, 0.2) is 253 Å². The van der Waals surface area contributed by atoms with E-state index < -0.39 is 5.41 Å². The molecular formula is C82H74N2. The van der Waals surface area contributed by atoms with E-state index in [1.807, 2.05) is 6.08 Å². The summed E-state index contributed by atoms with van der Waals surface area (Å²) >= 11 is 0. The number of rotatable bonds is 11. The van der Waals surface area contributed by atoms with E-state index in [2.05, 4.69) is 276 Å². The van der Waals surface area contributed by atoms with E-state index in [-0.39, 0.29) is 5.41 Å². The molecule has 8 aromatic rings. The molecular weight excluding hydrogens is 1010 g/mol. The fourth-order valence-electron chi connectivity index (χ4n) is 17.5. The van der Waals surface area contributed by atoms with Gasteiger partial charge in [0.05, 0.1) is 16.8 Å². The molecule has 0 N–H and O–H groups in total. The van der Waals surface area contributed by atoms with Crippen molar-refractivity contribution < 1.29 is 0 Å². The molecule has 84 heavy (non-hydrogen) atoms. The van der Waals surface area contributed by atoms with E-state index in [1.165, 1.54) is 121 Å². The topological polar surface area (TPSA) is 6.48 Å². The number of allylic oxidation sites excluding steroid dienone is 13. The molecule has 412 valence electrons. The lowest BCUT2D eigenvalue weighted by Gasteiger charge is -2.47. The molecule has 0 heterocycles. The van der Waals surface area contributed by atoms with Gasteiger partial charge in [-0.3, -0.25) is 0 Å². The van der Waals surface area contributed by atoms with Crippen molar-refractivity contribution in [1.82, 2.24) is 0 Å². The highest BCUT2D eigenvalue weighted by molar-refractivity contribution is 6.02. The van der Waals surface area contributed by atoms with Gasteiger partial charge < -0.3 is 9.80 Å². The van der Waals surface area contributed by atoms with Gasteiger partial charge in [0, 0.05) is 44.9 Å². The minimum absolute atomic E-state index is 0.00231. The van der Waals surface area contributed by atoms with Crippen LogP contribution in [0, 0.1) is 41.2 Å². The molecule has 15 rings (SSSR count). The molecule has 6 atom stereocenters. The Bertz CT molecular complexity index is 4100. The first-order chi connectivity index (χ1) is 41.2. The first-order valence-electron chi connectivity index (χ1n) is 31.2. The molecule has 0 amide bonds. The summed E-state index contributed by atoms with van der Waals surface area (Å²) in [6, 6.07) is 74.5. The standard InChI is InChI=1S/C82H74N2/c1-7-9-27-56(8-2)67-49-69-64-36-22-25-40-74(64)82(76(69)51-78(67)83(58-28-13-10-14-29-58)59-30-15-11-16-31-59)75-41-26-23-37-65(75)70-50-71(62-34-19-20-38-66(62)80-54(4)46-55-44-53(3)45-57(80)47-55)79(52-77(70)82)84(60-32-17-12-18-33-60)61-42-43-73-68(48-61)63-35-21-24-39-72(63)81(73,5)6/h7-18,20,22-23,25-33,35-41,48-55,57,80H,1,21,24,42-47H2,2-6H3/b27-9-,56-8+. The van der Waals surface area contributed by atoms with Gasteiger partial charge in [-0.2, -0.15) is 0 Å². The lowest BCUT2D eigenvalue weighted by Crippen LogP contribution is -2.35. The fraction of sp³-hybridized carbons (Fsp3) is 0.244. The van der Waals surface area contributed by atoms with Crippen LogP contribution >= 0.6 is 0 Å². The van der Waals surface area contributed by atoms with Crippen molar-refractivity contribution in [3.8, 4) is 33.4 Å². The number of hydrogen-bond acceptors (Lipinski definition) is 2. The third-order valence-corrected chi connectivity index (χ3v) is 20.7. The van der Waals surface area contributed by atoms with Crippen molar-refractivity contribution >= 4 is 34.0 Å². The number of benzene rings is 7. The molecule has 7 aliphatic rings. The minimum Gasteiger partial charge on any atom is -0.314 e. The average molecular weight is 1090 g/mol. The zero-order chi connectivity index (χ0) is 56.8. The zero-order valence-electron chi connectivity index (χ0n) is 49.4. The molecule has 2 heteroatoms. The maximum Gasteiger partial charge on any atom is 0.0727 e. The Balaban J connectivity index is 1.05. The Labute approximate surface area is 499 Å². The largest absolute Gasteiger partial charge is 0.314 e. The maximum atomic E-state index is 4.13. The predicted octanol–water partition coefficient (Wildman–Crippen LogP) is 21.9. The second-order valence-electron chi connectivity index (χ2n) is 25.8. The van der Waals surface area contributed by atoms with Gasteiger partial charge in [-0.1, -0.05) is 192 Å². The first-order valence-corrected chi connectivity index (χ1v) is 31.2. The van der Waals surface area contributed by atoms with Crippen LogP contribution in [0.3, 0.4) is 0 Å². The van der Waals surface area contributed by atoms with E-state index >= 15 is 0 Å². The van der Waals surface area contributed by atoms with Crippen LogP contribution in [0.5, 0.6) is 0 Å². The molecule has 2 fully saturated rings. The summed E-state index contributed by atoms with van der Waals surface area (Å²) in [6.45, 7) is 16.3. The summed E-state index contributed by atoms with van der Waals surface area (Å²) in [4.78, 5) is 5.16. The highest BCUT2D eigenvalue weighted by atomic mass is 15.2. The van der Waals surface area contributed by atoms with E-state index in [9.17, 15) is 0 Å². The van der Waals surface area contributed by atoms with Gasteiger partial charge in [-0.05, 0) is 239 Å². The molecule has 2 nitrogen and oxygen atoms in total. The summed E-state index contributed by atoms with van der Waals surface area (Å²) in [6.07, 6.45) is 25.5. The SMILES string of the molecule is C=C/C=C\C(=C/C)c1cc2c(cc1N(c1ccccc1)c1ccccc1)C1(c3ccccc3-c3cc(-c4c#cccc4C4C(C)CC5CC(C)CC4C5)c(N(C4=CC5=C(CC4)C(C)(C)C4=CCCC=C45)c4ccccc4)cc31)c1ccccc1-2. The minimum atomic E-state index is -0.688. The molecule has 0 radical (unpaired) electrons. The second kappa shape index (κ2) is 20.6. The van der Waals surface area contributed by atoms with Crippen LogP contribution < -0.4 is 9.80 Å². The molecule has 1 spiro atoms. The molecule has 0 aromatic heterocycles. The highest BCUT2D eigenvalue weighted by Gasteiger charge is 2.53.